The Morgan fingerprint density at radius 2 is 2.24 bits per heavy atom. The summed E-state index contributed by atoms with van der Waals surface area (Å²) in [6.45, 7) is -0.507. The molecule has 0 bridgehead atoms. The number of amides is 3. The lowest BCUT2D eigenvalue weighted by molar-refractivity contribution is -0.124. The largest absolute Gasteiger partial charge is 0.394 e. The molecule has 2 aliphatic heterocycles. The summed E-state index contributed by atoms with van der Waals surface area (Å²) < 4.78 is 18.7. The minimum absolute atomic E-state index is 0.0284. The third-order valence-corrected chi connectivity index (χ3v) is 2.87. The fraction of sp³-hybridized carbons (Fsp3) is 0.778. The van der Waals surface area contributed by atoms with E-state index in [0.717, 1.165) is 4.90 Å². The molecule has 0 aliphatic carbocycles. The number of imide groups is 1. The molecule has 2 fully saturated rings. The van der Waals surface area contributed by atoms with E-state index in [1.54, 1.807) is 0 Å². The summed E-state index contributed by atoms with van der Waals surface area (Å²) in [5.41, 5.74) is 0. The molecule has 2 heterocycles. The van der Waals surface area contributed by atoms with Crippen molar-refractivity contribution in [3.8, 4) is 0 Å². The van der Waals surface area contributed by atoms with E-state index in [4.69, 9.17) is 9.84 Å². The SMILES string of the molecule is O=C1CCN([C@@H]2O[C@H](CO)[C@H](O)[C@H]2F)C(=O)N1. The molecule has 2 rings (SSSR count). The molecule has 0 saturated carbocycles. The summed E-state index contributed by atoms with van der Waals surface area (Å²) in [6, 6.07) is -0.750. The van der Waals surface area contributed by atoms with Crippen molar-refractivity contribution in [2.45, 2.75) is 31.0 Å². The minimum atomic E-state index is -1.80. The molecule has 17 heavy (non-hydrogen) atoms. The van der Waals surface area contributed by atoms with Crippen LogP contribution < -0.4 is 5.32 Å². The summed E-state index contributed by atoms with van der Waals surface area (Å²) in [5, 5.41) is 20.3. The molecule has 4 atom stereocenters. The van der Waals surface area contributed by atoms with Crippen LogP contribution in [0.4, 0.5) is 9.18 Å². The van der Waals surface area contributed by atoms with Gasteiger partial charge in [-0.2, -0.15) is 0 Å². The van der Waals surface area contributed by atoms with Crippen molar-refractivity contribution in [1.29, 1.82) is 0 Å². The highest BCUT2D eigenvalue weighted by Gasteiger charge is 2.48. The monoisotopic (exact) mass is 248 g/mol. The topological polar surface area (TPSA) is 99.1 Å². The number of nitrogens with one attached hydrogen (secondary N) is 1. The van der Waals surface area contributed by atoms with Crippen molar-refractivity contribution in [3.63, 3.8) is 0 Å². The van der Waals surface area contributed by atoms with E-state index in [0.29, 0.717) is 0 Å². The molecule has 3 N–H and O–H groups in total. The van der Waals surface area contributed by atoms with Crippen LogP contribution in [0, 0.1) is 0 Å². The number of halogens is 1. The third kappa shape index (κ3) is 2.11. The zero-order valence-electron chi connectivity index (χ0n) is 8.88. The predicted octanol–water partition coefficient (Wildman–Crippen LogP) is -1.66. The Hall–Kier alpha value is -1.25. The number of alkyl halides is 1. The summed E-state index contributed by atoms with van der Waals surface area (Å²) in [7, 11) is 0. The molecule has 8 heteroatoms. The fourth-order valence-corrected chi connectivity index (χ4v) is 1.92. The highest BCUT2D eigenvalue weighted by Crippen LogP contribution is 2.27. The number of nitrogens with zero attached hydrogens (tertiary/aromatic N) is 1. The van der Waals surface area contributed by atoms with E-state index < -0.39 is 43.2 Å². The molecule has 0 spiro atoms. The van der Waals surface area contributed by atoms with Crippen LogP contribution in [0.5, 0.6) is 0 Å². The zero-order chi connectivity index (χ0) is 12.6. The molecule has 2 saturated heterocycles. The maximum atomic E-state index is 13.7. The molecule has 0 aromatic carbocycles. The molecule has 7 nitrogen and oxygen atoms in total. The minimum Gasteiger partial charge on any atom is -0.394 e. The smallest absolute Gasteiger partial charge is 0.326 e. The van der Waals surface area contributed by atoms with E-state index >= 15 is 0 Å². The number of aliphatic hydroxyl groups is 2. The van der Waals surface area contributed by atoms with Crippen molar-refractivity contribution < 1.29 is 28.9 Å². The Kier molecular flexibility index (Phi) is 3.27. The van der Waals surface area contributed by atoms with Crippen LogP contribution in [-0.2, 0) is 9.53 Å². The molecular formula is C9H13FN2O5. The molecule has 0 radical (unpaired) electrons. The highest BCUT2D eigenvalue weighted by molar-refractivity contribution is 5.96. The van der Waals surface area contributed by atoms with E-state index in [1.807, 2.05) is 5.32 Å². The summed E-state index contributed by atoms with van der Waals surface area (Å²) >= 11 is 0. The van der Waals surface area contributed by atoms with Gasteiger partial charge in [0.2, 0.25) is 5.91 Å². The molecule has 0 aromatic rings. The first-order valence-electron chi connectivity index (χ1n) is 5.23. The van der Waals surface area contributed by atoms with Gasteiger partial charge < -0.3 is 14.9 Å². The van der Waals surface area contributed by atoms with Gasteiger partial charge in [0.25, 0.3) is 0 Å². The second kappa shape index (κ2) is 4.55. The van der Waals surface area contributed by atoms with E-state index in [1.165, 1.54) is 0 Å². The number of carbonyl (C=O) groups is 2. The third-order valence-electron chi connectivity index (χ3n) is 2.87. The van der Waals surface area contributed by atoms with Gasteiger partial charge in [-0.15, -0.1) is 0 Å². The Bertz CT molecular complexity index is 339. The van der Waals surface area contributed by atoms with Gasteiger partial charge in [-0.25, -0.2) is 9.18 Å². The molecule has 3 amide bonds. The summed E-state index contributed by atoms with van der Waals surface area (Å²) in [6.07, 6.45) is -5.55. The number of carbonyl (C=O) groups excluding carboxylic acids is 2. The van der Waals surface area contributed by atoms with Gasteiger partial charge in [0, 0.05) is 13.0 Å². The van der Waals surface area contributed by atoms with Crippen LogP contribution in [0.1, 0.15) is 6.42 Å². The number of hydrogen-bond donors (Lipinski definition) is 3. The van der Waals surface area contributed by atoms with Gasteiger partial charge >= 0.3 is 6.03 Å². The highest BCUT2D eigenvalue weighted by atomic mass is 19.1. The van der Waals surface area contributed by atoms with E-state index in [2.05, 4.69) is 0 Å². The number of aliphatic hydroxyl groups excluding tert-OH is 2. The van der Waals surface area contributed by atoms with Crippen LogP contribution in [-0.4, -0.2) is 64.8 Å². The predicted molar refractivity (Wildman–Crippen MR) is 51.5 cm³/mol. The lowest BCUT2D eigenvalue weighted by Crippen LogP contribution is -2.55. The van der Waals surface area contributed by atoms with Crippen LogP contribution >= 0.6 is 0 Å². The second-order valence-corrected chi connectivity index (χ2v) is 3.98. The van der Waals surface area contributed by atoms with Gasteiger partial charge in [-0.05, 0) is 0 Å². The normalized spacial score (nSPS) is 38.4. The molecule has 2 aliphatic rings. The fourth-order valence-electron chi connectivity index (χ4n) is 1.92. The Morgan fingerprint density at radius 3 is 2.76 bits per heavy atom. The number of hydrogen-bond acceptors (Lipinski definition) is 5. The average Bonchev–Trinajstić information content (AvgIpc) is 2.57. The first-order chi connectivity index (χ1) is 8.04. The summed E-state index contributed by atoms with van der Waals surface area (Å²) in [4.78, 5) is 23.4. The van der Waals surface area contributed by atoms with Gasteiger partial charge in [-0.3, -0.25) is 15.0 Å². The number of urea groups is 1. The van der Waals surface area contributed by atoms with Gasteiger partial charge in [0.05, 0.1) is 6.61 Å². The van der Waals surface area contributed by atoms with Crippen molar-refractivity contribution in [2.24, 2.45) is 0 Å². The lowest BCUT2D eigenvalue weighted by Gasteiger charge is -2.32. The van der Waals surface area contributed by atoms with Gasteiger partial charge in [0.15, 0.2) is 12.4 Å². The first-order valence-corrected chi connectivity index (χ1v) is 5.23. The maximum Gasteiger partial charge on any atom is 0.326 e. The van der Waals surface area contributed by atoms with Crippen LogP contribution in [0.2, 0.25) is 0 Å². The van der Waals surface area contributed by atoms with Crippen molar-refractivity contribution >= 4 is 11.9 Å². The quantitative estimate of drug-likeness (QED) is 0.543. The average molecular weight is 248 g/mol. The molecule has 96 valence electrons. The Labute approximate surface area is 96.1 Å². The molecule has 0 aromatic heterocycles. The van der Waals surface area contributed by atoms with Crippen molar-refractivity contribution in [3.05, 3.63) is 0 Å². The first kappa shape index (κ1) is 12.2. The van der Waals surface area contributed by atoms with Crippen molar-refractivity contribution in [2.75, 3.05) is 13.2 Å². The zero-order valence-corrected chi connectivity index (χ0v) is 8.88. The van der Waals surface area contributed by atoms with Crippen molar-refractivity contribution in [1.82, 2.24) is 10.2 Å². The van der Waals surface area contributed by atoms with Crippen LogP contribution in [0.15, 0.2) is 0 Å². The van der Waals surface area contributed by atoms with Crippen LogP contribution in [0.3, 0.4) is 0 Å². The van der Waals surface area contributed by atoms with Crippen LogP contribution in [0.25, 0.3) is 0 Å². The van der Waals surface area contributed by atoms with Gasteiger partial charge in [0.1, 0.15) is 12.2 Å². The van der Waals surface area contributed by atoms with Gasteiger partial charge in [-0.1, -0.05) is 0 Å². The number of ether oxygens (including phenoxy) is 1. The summed E-state index contributed by atoms with van der Waals surface area (Å²) in [5.74, 6) is -0.432. The maximum absolute atomic E-state index is 13.7. The number of rotatable bonds is 2. The Morgan fingerprint density at radius 1 is 1.53 bits per heavy atom. The Balaban J connectivity index is 2.08. The molecular weight excluding hydrogens is 235 g/mol. The second-order valence-electron chi connectivity index (χ2n) is 3.98. The van der Waals surface area contributed by atoms with E-state index in [9.17, 15) is 19.1 Å². The lowest BCUT2D eigenvalue weighted by atomic mass is 10.1. The molecule has 0 unspecified atom stereocenters. The van der Waals surface area contributed by atoms with E-state index in [-0.39, 0.29) is 13.0 Å². The standard InChI is InChI=1S/C9H13FN2O5/c10-6-7(15)4(3-13)17-8(6)12-2-1-5(14)11-9(12)16/h4,6-8,13,15H,1-3H2,(H,11,14,16)/t4-,6-,7+,8-/m1/s1.